The lowest BCUT2D eigenvalue weighted by Gasteiger charge is -2.50. The minimum atomic E-state index is -0.0615. The standard InChI is InChI=1S/C17H26N4O2/c1-5-17(14-21(8-1)16-18-6-2-7-19-16)13-20(9-12-23-17)15-3-10-22-11-4-15/h2,6-7,15H,1,3-5,8-14H2. The maximum absolute atomic E-state index is 6.31. The lowest BCUT2D eigenvalue weighted by Crippen LogP contribution is -2.62. The molecule has 0 amide bonds. The van der Waals surface area contributed by atoms with Crippen LogP contribution in [0.15, 0.2) is 18.5 Å². The van der Waals surface area contributed by atoms with E-state index in [2.05, 4.69) is 19.8 Å². The summed E-state index contributed by atoms with van der Waals surface area (Å²) in [4.78, 5) is 13.8. The van der Waals surface area contributed by atoms with Crippen molar-refractivity contribution in [3.05, 3.63) is 18.5 Å². The van der Waals surface area contributed by atoms with Gasteiger partial charge in [0.2, 0.25) is 5.95 Å². The molecule has 0 N–H and O–H groups in total. The van der Waals surface area contributed by atoms with Gasteiger partial charge in [-0.2, -0.15) is 0 Å². The van der Waals surface area contributed by atoms with Crippen molar-refractivity contribution in [3.8, 4) is 0 Å². The number of hydrogen-bond donors (Lipinski definition) is 0. The van der Waals surface area contributed by atoms with Crippen LogP contribution in [0.25, 0.3) is 0 Å². The van der Waals surface area contributed by atoms with Gasteiger partial charge in [0.25, 0.3) is 0 Å². The molecule has 0 saturated carbocycles. The first-order valence-corrected chi connectivity index (χ1v) is 8.82. The summed E-state index contributed by atoms with van der Waals surface area (Å²) in [5.74, 6) is 0.832. The predicted octanol–water partition coefficient (Wildman–Crippen LogP) is 1.33. The molecule has 0 radical (unpaired) electrons. The van der Waals surface area contributed by atoms with Gasteiger partial charge in [-0.1, -0.05) is 0 Å². The average Bonchev–Trinajstić information content (AvgIpc) is 2.63. The van der Waals surface area contributed by atoms with Gasteiger partial charge in [0, 0.05) is 51.3 Å². The maximum Gasteiger partial charge on any atom is 0.225 e. The van der Waals surface area contributed by atoms with Crippen LogP contribution in [0.3, 0.4) is 0 Å². The van der Waals surface area contributed by atoms with Crippen LogP contribution in [0.2, 0.25) is 0 Å². The van der Waals surface area contributed by atoms with Gasteiger partial charge < -0.3 is 14.4 Å². The van der Waals surface area contributed by atoms with Crippen LogP contribution in [0, 0.1) is 0 Å². The molecule has 1 aromatic rings. The lowest BCUT2D eigenvalue weighted by molar-refractivity contribution is -0.131. The molecule has 0 bridgehead atoms. The molecule has 6 heteroatoms. The quantitative estimate of drug-likeness (QED) is 0.820. The fraction of sp³-hybridized carbons (Fsp3) is 0.765. The van der Waals surface area contributed by atoms with Gasteiger partial charge >= 0.3 is 0 Å². The summed E-state index contributed by atoms with van der Waals surface area (Å²) in [6.07, 6.45) is 8.22. The van der Waals surface area contributed by atoms with Crippen molar-refractivity contribution in [1.82, 2.24) is 14.9 Å². The topological polar surface area (TPSA) is 50.7 Å². The zero-order chi connectivity index (χ0) is 15.5. The third kappa shape index (κ3) is 3.34. The Morgan fingerprint density at radius 2 is 1.87 bits per heavy atom. The number of aromatic nitrogens is 2. The van der Waals surface area contributed by atoms with Gasteiger partial charge in [-0.25, -0.2) is 9.97 Å². The fourth-order valence-corrected chi connectivity index (χ4v) is 4.21. The van der Waals surface area contributed by atoms with Gasteiger partial charge in [-0.05, 0) is 31.7 Å². The zero-order valence-corrected chi connectivity index (χ0v) is 13.7. The number of piperidine rings is 1. The van der Waals surface area contributed by atoms with E-state index in [0.29, 0.717) is 6.04 Å². The fourth-order valence-electron chi connectivity index (χ4n) is 4.21. The maximum atomic E-state index is 6.31. The van der Waals surface area contributed by atoms with Gasteiger partial charge in [0.15, 0.2) is 0 Å². The highest BCUT2D eigenvalue weighted by Gasteiger charge is 2.42. The second-order valence-electron chi connectivity index (χ2n) is 6.92. The van der Waals surface area contributed by atoms with E-state index in [4.69, 9.17) is 9.47 Å². The van der Waals surface area contributed by atoms with Gasteiger partial charge in [-0.15, -0.1) is 0 Å². The number of morpholine rings is 1. The largest absolute Gasteiger partial charge is 0.381 e. The van der Waals surface area contributed by atoms with Gasteiger partial charge in [-0.3, -0.25) is 4.90 Å². The van der Waals surface area contributed by atoms with E-state index in [1.807, 2.05) is 18.5 Å². The van der Waals surface area contributed by atoms with E-state index in [1.165, 1.54) is 0 Å². The van der Waals surface area contributed by atoms with E-state index in [0.717, 1.165) is 77.6 Å². The van der Waals surface area contributed by atoms with Crippen LogP contribution in [-0.4, -0.2) is 72.5 Å². The second-order valence-corrected chi connectivity index (χ2v) is 6.92. The van der Waals surface area contributed by atoms with Crippen molar-refractivity contribution in [2.75, 3.05) is 50.9 Å². The van der Waals surface area contributed by atoms with Crippen molar-refractivity contribution < 1.29 is 9.47 Å². The average molecular weight is 318 g/mol. The number of nitrogens with zero attached hydrogens (tertiary/aromatic N) is 4. The van der Waals surface area contributed by atoms with Crippen LogP contribution < -0.4 is 4.90 Å². The zero-order valence-electron chi connectivity index (χ0n) is 13.7. The first-order valence-electron chi connectivity index (χ1n) is 8.82. The Bertz CT molecular complexity index is 505. The Morgan fingerprint density at radius 3 is 2.70 bits per heavy atom. The molecule has 3 aliphatic heterocycles. The smallest absolute Gasteiger partial charge is 0.225 e. The highest BCUT2D eigenvalue weighted by Crippen LogP contribution is 2.32. The summed E-state index contributed by atoms with van der Waals surface area (Å²) in [6, 6.07) is 2.53. The summed E-state index contributed by atoms with van der Waals surface area (Å²) in [5, 5.41) is 0. The van der Waals surface area contributed by atoms with Crippen LogP contribution in [-0.2, 0) is 9.47 Å². The molecule has 1 unspecified atom stereocenters. The van der Waals surface area contributed by atoms with Crippen LogP contribution in [0.1, 0.15) is 25.7 Å². The first-order chi connectivity index (χ1) is 11.3. The van der Waals surface area contributed by atoms with E-state index in [9.17, 15) is 0 Å². The van der Waals surface area contributed by atoms with Crippen molar-refractivity contribution in [2.45, 2.75) is 37.3 Å². The molecule has 4 rings (SSSR count). The molecule has 3 saturated heterocycles. The number of anilines is 1. The molecule has 1 atom stereocenters. The van der Waals surface area contributed by atoms with E-state index >= 15 is 0 Å². The lowest BCUT2D eigenvalue weighted by atomic mass is 9.89. The highest BCUT2D eigenvalue weighted by molar-refractivity contribution is 5.31. The molecule has 1 aromatic heterocycles. The van der Waals surface area contributed by atoms with Crippen molar-refractivity contribution >= 4 is 5.95 Å². The van der Waals surface area contributed by atoms with Crippen LogP contribution in [0.4, 0.5) is 5.95 Å². The van der Waals surface area contributed by atoms with E-state index in [1.54, 1.807) is 0 Å². The second kappa shape index (κ2) is 6.71. The molecule has 3 aliphatic rings. The predicted molar refractivity (Wildman–Crippen MR) is 87.6 cm³/mol. The van der Waals surface area contributed by atoms with Crippen molar-refractivity contribution in [1.29, 1.82) is 0 Å². The van der Waals surface area contributed by atoms with Crippen molar-refractivity contribution in [2.24, 2.45) is 0 Å². The summed E-state index contributed by atoms with van der Waals surface area (Å²) >= 11 is 0. The third-order valence-electron chi connectivity index (χ3n) is 5.36. The van der Waals surface area contributed by atoms with Gasteiger partial charge in [0.05, 0.1) is 18.8 Å². The minimum absolute atomic E-state index is 0.0615. The molecule has 3 fully saturated rings. The normalized spacial score (nSPS) is 30.7. The molecule has 1 spiro atoms. The van der Waals surface area contributed by atoms with Crippen LogP contribution >= 0.6 is 0 Å². The van der Waals surface area contributed by atoms with E-state index in [-0.39, 0.29) is 5.60 Å². The summed E-state index contributed by atoms with van der Waals surface area (Å²) in [7, 11) is 0. The Labute approximate surface area is 137 Å². The molecule has 0 aliphatic carbocycles. The number of ether oxygens (including phenoxy) is 2. The SMILES string of the molecule is c1cnc(N2CCCC3(C2)CN(C2CCOCC2)CCO3)nc1. The molecule has 126 valence electrons. The number of hydrogen-bond acceptors (Lipinski definition) is 6. The van der Waals surface area contributed by atoms with E-state index < -0.39 is 0 Å². The highest BCUT2D eigenvalue weighted by atomic mass is 16.5. The molecule has 23 heavy (non-hydrogen) atoms. The van der Waals surface area contributed by atoms with Gasteiger partial charge in [0.1, 0.15) is 0 Å². The number of rotatable bonds is 2. The Morgan fingerprint density at radius 1 is 1.04 bits per heavy atom. The Hall–Kier alpha value is -1.24. The molecule has 6 nitrogen and oxygen atoms in total. The molecule has 4 heterocycles. The van der Waals surface area contributed by atoms with Crippen LogP contribution in [0.5, 0.6) is 0 Å². The third-order valence-corrected chi connectivity index (χ3v) is 5.36. The summed E-state index contributed by atoms with van der Waals surface area (Å²) < 4.78 is 11.8. The Kier molecular flexibility index (Phi) is 4.46. The van der Waals surface area contributed by atoms with Crippen molar-refractivity contribution in [3.63, 3.8) is 0 Å². The Balaban J connectivity index is 1.46. The summed E-state index contributed by atoms with van der Waals surface area (Å²) in [6.45, 7) is 6.64. The first kappa shape index (κ1) is 15.3. The summed E-state index contributed by atoms with van der Waals surface area (Å²) in [5.41, 5.74) is -0.0615. The molecular formula is C17H26N4O2. The molecule has 0 aromatic carbocycles. The minimum Gasteiger partial charge on any atom is -0.381 e. The monoisotopic (exact) mass is 318 g/mol. The molecular weight excluding hydrogens is 292 g/mol.